The van der Waals surface area contributed by atoms with E-state index in [0.29, 0.717) is 53.9 Å². The van der Waals surface area contributed by atoms with Gasteiger partial charge in [-0.15, -0.1) is 0 Å². The van der Waals surface area contributed by atoms with Gasteiger partial charge < -0.3 is 19.3 Å². The monoisotopic (exact) mass is 422 g/mol. The Kier molecular flexibility index (Phi) is 5.78. The fourth-order valence-electron chi connectivity index (χ4n) is 3.18. The first-order chi connectivity index (χ1) is 15.1. The number of hydrogen-bond donors (Lipinski definition) is 1. The first-order valence-electron chi connectivity index (χ1n) is 9.67. The molecule has 0 atom stereocenters. The van der Waals surface area contributed by atoms with Crippen molar-refractivity contribution in [1.29, 1.82) is 0 Å². The van der Waals surface area contributed by atoms with E-state index in [1.807, 2.05) is 18.2 Å². The second-order valence-electron chi connectivity index (χ2n) is 6.86. The molecular formula is C21H22N6O4. The fraction of sp³-hybridized carbons (Fsp3) is 0.286. The molecule has 0 fully saturated rings. The maximum atomic E-state index is 12.5. The van der Waals surface area contributed by atoms with E-state index in [-0.39, 0.29) is 5.91 Å². The van der Waals surface area contributed by atoms with Crippen LogP contribution in [0.25, 0.3) is 11.0 Å². The zero-order valence-electron chi connectivity index (χ0n) is 17.5. The number of carbonyl (C=O) groups is 1. The molecule has 0 aliphatic rings. The topological polar surface area (TPSA) is 117 Å². The van der Waals surface area contributed by atoms with E-state index in [0.717, 1.165) is 10.9 Å². The number of nitrogens with one attached hydrogen (secondary N) is 1. The van der Waals surface area contributed by atoms with Crippen LogP contribution in [-0.4, -0.2) is 51.6 Å². The van der Waals surface area contributed by atoms with Crippen LogP contribution < -0.4 is 14.8 Å². The molecular weight excluding hydrogens is 400 g/mol. The quantitative estimate of drug-likeness (QED) is 0.459. The number of aromatic nitrogens is 5. The van der Waals surface area contributed by atoms with Crippen molar-refractivity contribution in [2.24, 2.45) is 0 Å². The molecule has 1 aromatic carbocycles. The van der Waals surface area contributed by atoms with Gasteiger partial charge in [0.25, 0.3) is 5.91 Å². The number of rotatable bonds is 8. The van der Waals surface area contributed by atoms with Crippen LogP contribution in [0.4, 0.5) is 0 Å². The number of fused-ring (bicyclic) bond motifs is 1. The van der Waals surface area contributed by atoms with Crippen LogP contribution in [0.15, 0.2) is 41.2 Å². The molecule has 1 N–H and O–H groups in total. The number of nitrogens with zero attached hydrogens (tertiary/aromatic N) is 5. The molecule has 0 saturated carbocycles. The Hall–Kier alpha value is -3.95. The highest BCUT2D eigenvalue weighted by Gasteiger charge is 2.13. The van der Waals surface area contributed by atoms with Crippen LogP contribution in [0.5, 0.6) is 11.5 Å². The van der Waals surface area contributed by atoms with E-state index >= 15 is 0 Å². The Labute approximate surface area is 178 Å². The molecule has 0 radical (unpaired) electrons. The third-order valence-corrected chi connectivity index (χ3v) is 4.75. The van der Waals surface area contributed by atoms with Crippen molar-refractivity contribution in [3.8, 4) is 11.5 Å². The molecule has 10 nitrogen and oxygen atoms in total. The van der Waals surface area contributed by atoms with Crippen LogP contribution in [0.2, 0.25) is 0 Å². The normalized spacial score (nSPS) is 10.9. The molecule has 160 valence electrons. The molecule has 0 bridgehead atoms. The van der Waals surface area contributed by atoms with Crippen LogP contribution in [0, 0.1) is 6.92 Å². The van der Waals surface area contributed by atoms with Gasteiger partial charge in [-0.2, -0.15) is 10.1 Å². The van der Waals surface area contributed by atoms with Crippen molar-refractivity contribution in [3.63, 3.8) is 0 Å². The summed E-state index contributed by atoms with van der Waals surface area (Å²) in [5.74, 6) is 2.25. The average Bonchev–Trinajstić information content (AvgIpc) is 3.39. The first kappa shape index (κ1) is 20.3. The lowest BCUT2D eigenvalue weighted by Crippen LogP contribution is -2.25. The van der Waals surface area contributed by atoms with Crippen LogP contribution in [-0.2, 0) is 13.0 Å². The van der Waals surface area contributed by atoms with E-state index in [4.69, 9.17) is 14.0 Å². The van der Waals surface area contributed by atoms with Gasteiger partial charge in [0.1, 0.15) is 11.5 Å². The number of aryl methyl sites for hydroxylation is 1. The third kappa shape index (κ3) is 4.47. The minimum absolute atomic E-state index is 0.227. The highest BCUT2D eigenvalue weighted by Crippen LogP contribution is 2.26. The minimum atomic E-state index is -0.227. The summed E-state index contributed by atoms with van der Waals surface area (Å²) in [6, 6.07) is 7.39. The number of hydrogen-bond acceptors (Lipinski definition) is 8. The molecule has 4 aromatic rings. The van der Waals surface area contributed by atoms with E-state index in [9.17, 15) is 4.79 Å². The fourth-order valence-corrected chi connectivity index (χ4v) is 3.18. The van der Waals surface area contributed by atoms with Gasteiger partial charge in [0.2, 0.25) is 5.89 Å². The Morgan fingerprint density at radius 2 is 2.06 bits per heavy atom. The van der Waals surface area contributed by atoms with Gasteiger partial charge in [-0.05, 0) is 25.1 Å². The summed E-state index contributed by atoms with van der Waals surface area (Å²) < 4.78 is 17.5. The average molecular weight is 422 g/mol. The summed E-state index contributed by atoms with van der Waals surface area (Å²) in [7, 11) is 3.22. The lowest BCUT2D eigenvalue weighted by atomic mass is 10.2. The molecule has 0 aliphatic heterocycles. The Balaban J connectivity index is 1.46. The largest absolute Gasteiger partial charge is 0.497 e. The van der Waals surface area contributed by atoms with Crippen molar-refractivity contribution in [2.45, 2.75) is 19.9 Å². The van der Waals surface area contributed by atoms with Gasteiger partial charge in [-0.1, -0.05) is 5.16 Å². The molecule has 0 saturated heterocycles. The van der Waals surface area contributed by atoms with E-state index in [2.05, 4.69) is 25.5 Å². The summed E-state index contributed by atoms with van der Waals surface area (Å²) in [6.07, 6.45) is 3.69. The summed E-state index contributed by atoms with van der Waals surface area (Å²) in [5.41, 5.74) is 2.07. The van der Waals surface area contributed by atoms with E-state index in [1.54, 1.807) is 38.1 Å². The Morgan fingerprint density at radius 1 is 1.19 bits per heavy atom. The number of benzene rings is 1. The number of pyridine rings is 1. The van der Waals surface area contributed by atoms with E-state index in [1.165, 1.54) is 6.20 Å². The number of ether oxygens (including phenoxy) is 2. The third-order valence-electron chi connectivity index (χ3n) is 4.75. The second kappa shape index (κ2) is 8.82. The number of amides is 1. The zero-order chi connectivity index (χ0) is 21.8. The molecule has 1 amide bonds. The predicted octanol–water partition coefficient (Wildman–Crippen LogP) is 2.16. The van der Waals surface area contributed by atoms with Crippen molar-refractivity contribution >= 4 is 16.9 Å². The Bertz CT molecular complexity index is 1220. The van der Waals surface area contributed by atoms with Crippen molar-refractivity contribution in [1.82, 2.24) is 30.2 Å². The van der Waals surface area contributed by atoms with Gasteiger partial charge >= 0.3 is 0 Å². The molecule has 3 aromatic heterocycles. The van der Waals surface area contributed by atoms with Crippen molar-refractivity contribution < 1.29 is 18.8 Å². The van der Waals surface area contributed by atoms with Crippen LogP contribution >= 0.6 is 0 Å². The van der Waals surface area contributed by atoms with Gasteiger partial charge in [0.15, 0.2) is 11.5 Å². The molecule has 0 unspecified atom stereocenters. The summed E-state index contributed by atoms with van der Waals surface area (Å²) in [5, 5.41) is 11.8. The van der Waals surface area contributed by atoms with Crippen LogP contribution in [0.1, 0.15) is 27.6 Å². The second-order valence-corrected chi connectivity index (χ2v) is 6.86. The number of methoxy groups -OCH3 is 2. The molecule has 3 heterocycles. The zero-order valence-corrected chi connectivity index (χ0v) is 17.5. The van der Waals surface area contributed by atoms with Gasteiger partial charge in [-0.3, -0.25) is 4.79 Å². The summed E-state index contributed by atoms with van der Waals surface area (Å²) in [6.45, 7) is 2.60. The summed E-state index contributed by atoms with van der Waals surface area (Å²) >= 11 is 0. The standard InChI is InChI=1S/C21H22N6O4/c1-13-25-19(31-26-13)6-7-22-21(28)16-8-15-11-24-27(20(15)23-10-16)12-14-4-5-17(29-2)9-18(14)30-3/h4-5,8-11H,6-7,12H2,1-3H3,(H,22,28). The van der Waals surface area contributed by atoms with Gasteiger partial charge in [-0.25, -0.2) is 9.67 Å². The maximum absolute atomic E-state index is 12.5. The van der Waals surface area contributed by atoms with Crippen molar-refractivity contribution in [3.05, 3.63) is 59.5 Å². The molecule has 10 heteroatoms. The van der Waals surface area contributed by atoms with Gasteiger partial charge in [0.05, 0.1) is 32.5 Å². The molecule has 0 spiro atoms. The number of carbonyl (C=O) groups excluding carboxylic acids is 1. The molecule has 0 aliphatic carbocycles. The Morgan fingerprint density at radius 3 is 2.81 bits per heavy atom. The van der Waals surface area contributed by atoms with Crippen molar-refractivity contribution in [2.75, 3.05) is 20.8 Å². The van der Waals surface area contributed by atoms with E-state index < -0.39 is 0 Å². The SMILES string of the molecule is COc1ccc(Cn2ncc3cc(C(=O)NCCc4nc(C)no4)cnc32)c(OC)c1. The lowest BCUT2D eigenvalue weighted by molar-refractivity contribution is 0.0953. The maximum Gasteiger partial charge on any atom is 0.252 e. The highest BCUT2D eigenvalue weighted by molar-refractivity contribution is 5.96. The highest BCUT2D eigenvalue weighted by atomic mass is 16.5. The summed E-state index contributed by atoms with van der Waals surface area (Å²) in [4.78, 5) is 21.0. The smallest absolute Gasteiger partial charge is 0.252 e. The predicted molar refractivity (Wildman–Crippen MR) is 111 cm³/mol. The van der Waals surface area contributed by atoms with Gasteiger partial charge in [0, 0.05) is 36.2 Å². The first-order valence-corrected chi connectivity index (χ1v) is 9.67. The van der Waals surface area contributed by atoms with Crippen LogP contribution in [0.3, 0.4) is 0 Å². The lowest BCUT2D eigenvalue weighted by Gasteiger charge is -2.11. The molecule has 31 heavy (non-hydrogen) atoms. The molecule has 4 rings (SSSR count). The minimum Gasteiger partial charge on any atom is -0.497 e.